The molecule has 0 radical (unpaired) electrons. The van der Waals surface area contributed by atoms with Crippen LogP contribution in [0.15, 0.2) is 0 Å². The predicted octanol–water partition coefficient (Wildman–Crippen LogP) is 0.0504. The number of hydrogen-bond donors (Lipinski definition) is 0. The van der Waals surface area contributed by atoms with Gasteiger partial charge in [0, 0.05) is 108 Å². The maximum atomic E-state index is 4.94. The molecule has 0 unspecified atom stereocenters. The van der Waals surface area contributed by atoms with Crippen LogP contribution in [-0.4, -0.2) is 38.3 Å². The van der Waals surface area contributed by atoms with Crippen molar-refractivity contribution in [3.05, 3.63) is 0 Å². The number of rotatable bonds is 8. The summed E-state index contributed by atoms with van der Waals surface area (Å²) in [5.74, 6) is 78.0. The van der Waals surface area contributed by atoms with E-state index in [-0.39, 0.29) is 13.2 Å². The fraction of sp³-hybridized carbons (Fsp3) is 0.122. The lowest BCUT2D eigenvalue weighted by atomic mass is 10.5. The van der Waals surface area contributed by atoms with E-state index in [4.69, 9.17) is 32.4 Å². The van der Waals surface area contributed by atoms with Crippen LogP contribution in [0.3, 0.4) is 0 Å². The molecule has 0 heterocycles. The highest BCUT2D eigenvalue weighted by Gasteiger charge is 1.98. The van der Waals surface area contributed by atoms with Crippen LogP contribution >= 0.6 is 0 Å². The Balaban J connectivity index is 4.04. The fourth-order valence-electron chi connectivity index (χ4n) is 1.62. The van der Waals surface area contributed by atoms with Gasteiger partial charge in [-0.05, 0) is 102 Å². The van der Waals surface area contributed by atoms with E-state index in [0.717, 1.165) is 0 Å². The maximum Gasteiger partial charge on any atom is 0.171 e. The lowest BCUT2D eigenvalue weighted by Crippen LogP contribution is -2.26. The standard InChI is InChI=1S/C41H13NO4/c1-4-6-8-10-12-14-16-18-20-22-24-26-28-30-32-34-38-43-45-40-36-42(3)37-41-46-44-39-35-33-31-29-27-25-23-21-19-17-15-13-11-9-7-5-2/h1-2H,36-37,40-41H2,3H3. The van der Waals surface area contributed by atoms with Crippen molar-refractivity contribution in [2.24, 2.45) is 0 Å². The summed E-state index contributed by atoms with van der Waals surface area (Å²) in [6.07, 6.45) is 14.4. The number of terminal acetylenes is 2. The molecule has 0 saturated carbocycles. The van der Waals surface area contributed by atoms with Gasteiger partial charge in [0.2, 0.25) is 0 Å². The summed E-state index contributed by atoms with van der Waals surface area (Å²) in [4.78, 5) is 21.2. The highest BCUT2D eigenvalue weighted by molar-refractivity contribution is 5.47. The van der Waals surface area contributed by atoms with Gasteiger partial charge in [-0.15, -0.1) is 12.8 Å². The topological polar surface area (TPSA) is 40.2 Å². The summed E-state index contributed by atoms with van der Waals surface area (Å²) in [6, 6.07) is 0. The van der Waals surface area contributed by atoms with Crippen molar-refractivity contribution in [2.45, 2.75) is 0 Å². The molecule has 0 atom stereocenters. The lowest BCUT2D eigenvalue weighted by molar-refractivity contribution is -0.244. The van der Waals surface area contributed by atoms with E-state index >= 15 is 0 Å². The molecule has 0 saturated heterocycles. The van der Waals surface area contributed by atoms with Gasteiger partial charge in [0.05, 0.1) is 0 Å². The summed E-state index contributed by atoms with van der Waals surface area (Å²) < 4.78 is 0. The second-order valence-corrected chi connectivity index (χ2v) is 6.36. The van der Waals surface area contributed by atoms with Gasteiger partial charge in [-0.3, -0.25) is 9.78 Å². The molecular weight excluding hydrogens is 570 g/mol. The predicted molar refractivity (Wildman–Crippen MR) is 174 cm³/mol. The average molecular weight is 584 g/mol. The van der Waals surface area contributed by atoms with Gasteiger partial charge < -0.3 is 4.90 Å². The summed E-state index contributed by atoms with van der Waals surface area (Å²) in [7, 11) is 1.85. The Morgan fingerprint density at radius 3 is 0.804 bits per heavy atom. The monoisotopic (exact) mass is 583 g/mol. The molecule has 5 heteroatoms. The third-order valence-corrected chi connectivity index (χ3v) is 3.31. The Morgan fingerprint density at radius 2 is 0.565 bits per heavy atom. The Hall–Kier alpha value is -8.44. The second-order valence-electron chi connectivity index (χ2n) is 6.36. The maximum absolute atomic E-state index is 4.94. The molecule has 206 valence electrons. The van der Waals surface area contributed by atoms with Crippen LogP contribution in [0.25, 0.3) is 0 Å². The SMILES string of the molecule is C#CC#CC#CC#CC#CC#CC#CC#CC#COOCCN(C)CCOOC#CC#CC#CC#CC#CC#CC#CC#CC#C. The minimum absolute atomic E-state index is 0.258. The summed E-state index contributed by atoms with van der Waals surface area (Å²) in [5, 5.41) is 0. The fourth-order valence-corrected chi connectivity index (χ4v) is 1.62. The molecule has 0 aromatic heterocycles. The zero-order valence-corrected chi connectivity index (χ0v) is 24.1. The zero-order chi connectivity index (χ0) is 33.3. The Bertz CT molecular complexity index is 2080. The number of likely N-dealkylation sites (N-methyl/N-ethyl adjacent to an activating group) is 1. The van der Waals surface area contributed by atoms with E-state index in [9.17, 15) is 0 Å². The van der Waals surface area contributed by atoms with Gasteiger partial charge in [-0.2, -0.15) is 9.78 Å². The Kier molecular flexibility index (Phi) is 28.2. The quantitative estimate of drug-likeness (QED) is 0.175. The summed E-state index contributed by atoms with van der Waals surface area (Å²) in [5.41, 5.74) is 0. The number of nitrogens with zero attached hydrogens (tertiary/aromatic N) is 1. The first-order valence-electron chi connectivity index (χ1n) is 12.0. The Labute approximate surface area is 271 Å². The van der Waals surface area contributed by atoms with Gasteiger partial charge in [0.1, 0.15) is 13.2 Å². The minimum Gasteiger partial charge on any atom is -0.301 e. The zero-order valence-electron chi connectivity index (χ0n) is 24.1. The average Bonchev–Trinajstić information content (AvgIpc) is 3.06. The van der Waals surface area contributed by atoms with E-state index < -0.39 is 0 Å². The summed E-state index contributed by atoms with van der Waals surface area (Å²) >= 11 is 0. The molecule has 0 bridgehead atoms. The second kappa shape index (κ2) is 34.6. The first-order chi connectivity index (χ1) is 22.8. The molecule has 46 heavy (non-hydrogen) atoms. The molecule has 0 rings (SSSR count). The molecule has 0 amide bonds. The van der Waals surface area contributed by atoms with E-state index in [1.54, 1.807) is 0 Å². The van der Waals surface area contributed by atoms with Crippen LogP contribution in [0, 0.1) is 215 Å². The van der Waals surface area contributed by atoms with Crippen molar-refractivity contribution >= 4 is 0 Å². The molecule has 5 nitrogen and oxygen atoms in total. The van der Waals surface area contributed by atoms with Crippen molar-refractivity contribution < 1.29 is 19.6 Å². The Morgan fingerprint density at radius 1 is 0.348 bits per heavy atom. The van der Waals surface area contributed by atoms with Gasteiger partial charge in [0.25, 0.3) is 0 Å². The first-order valence-corrected chi connectivity index (χ1v) is 12.0. The van der Waals surface area contributed by atoms with E-state index in [1.807, 2.05) is 11.9 Å². The third-order valence-electron chi connectivity index (χ3n) is 3.31. The van der Waals surface area contributed by atoms with Crippen LogP contribution in [0.4, 0.5) is 0 Å². The van der Waals surface area contributed by atoms with E-state index in [1.165, 1.54) is 0 Å². The van der Waals surface area contributed by atoms with Gasteiger partial charge in [-0.25, -0.2) is 0 Å². The van der Waals surface area contributed by atoms with Gasteiger partial charge in [0.15, 0.2) is 12.2 Å². The highest BCUT2D eigenvalue weighted by atomic mass is 17.2. The molecule has 0 aromatic carbocycles. The van der Waals surface area contributed by atoms with E-state index in [0.29, 0.717) is 13.1 Å². The summed E-state index contributed by atoms with van der Waals surface area (Å²) in [6.45, 7) is 1.60. The molecule has 0 aliphatic heterocycles. The third kappa shape index (κ3) is 33.6. The molecule has 0 fully saturated rings. The van der Waals surface area contributed by atoms with Crippen molar-refractivity contribution in [2.75, 3.05) is 33.4 Å². The van der Waals surface area contributed by atoms with Crippen molar-refractivity contribution in [3.63, 3.8) is 0 Å². The number of hydrogen-bond acceptors (Lipinski definition) is 5. The normalized spacial score (nSPS) is 5.57. The van der Waals surface area contributed by atoms with E-state index in [2.05, 4.69) is 202 Å². The van der Waals surface area contributed by atoms with Crippen LogP contribution in [0.5, 0.6) is 0 Å². The minimum atomic E-state index is 0.258. The van der Waals surface area contributed by atoms with Crippen LogP contribution < -0.4 is 0 Å². The largest absolute Gasteiger partial charge is 0.301 e. The van der Waals surface area contributed by atoms with Crippen molar-refractivity contribution in [1.29, 1.82) is 0 Å². The van der Waals surface area contributed by atoms with Gasteiger partial charge in [-0.1, -0.05) is 0 Å². The van der Waals surface area contributed by atoms with Crippen LogP contribution in [-0.2, 0) is 19.6 Å². The molecule has 0 aromatic rings. The first kappa shape index (κ1) is 37.6. The molecule has 0 aliphatic carbocycles. The molecule has 0 spiro atoms. The molecular formula is C41H13NO4. The van der Waals surface area contributed by atoms with Gasteiger partial charge >= 0.3 is 0 Å². The van der Waals surface area contributed by atoms with Crippen LogP contribution in [0.2, 0.25) is 0 Å². The molecule has 0 aliphatic rings. The molecule has 0 N–H and O–H groups in total. The lowest BCUT2D eigenvalue weighted by Gasteiger charge is -2.14. The van der Waals surface area contributed by atoms with Crippen molar-refractivity contribution in [1.82, 2.24) is 4.90 Å². The van der Waals surface area contributed by atoms with Crippen molar-refractivity contribution in [3.8, 4) is 215 Å². The highest BCUT2D eigenvalue weighted by Crippen LogP contribution is 1.86. The smallest absolute Gasteiger partial charge is 0.171 e. The van der Waals surface area contributed by atoms with Crippen LogP contribution in [0.1, 0.15) is 0 Å².